The number of hydrogen-bond donors (Lipinski definition) is 0. The second-order valence-electron chi connectivity index (χ2n) is 4.33. The van der Waals surface area contributed by atoms with E-state index in [1.54, 1.807) is 0 Å². The minimum Gasteiger partial charge on any atom is -0.339 e. The van der Waals surface area contributed by atoms with Crippen LogP contribution in [0.3, 0.4) is 0 Å². The van der Waals surface area contributed by atoms with Crippen LogP contribution < -0.4 is 0 Å². The number of nitrogens with zero attached hydrogens (tertiary/aromatic N) is 2. The summed E-state index contributed by atoms with van der Waals surface area (Å²) >= 11 is 5.94. The molecule has 0 aromatic rings. The van der Waals surface area contributed by atoms with Gasteiger partial charge in [-0.05, 0) is 20.3 Å². The fourth-order valence-electron chi connectivity index (χ4n) is 1.83. The summed E-state index contributed by atoms with van der Waals surface area (Å²) in [7, 11) is 0. The lowest BCUT2D eigenvalue weighted by Crippen LogP contribution is -2.52. The lowest BCUT2D eigenvalue weighted by Gasteiger charge is -2.37. The van der Waals surface area contributed by atoms with E-state index in [1.807, 2.05) is 11.8 Å². The third-order valence-corrected chi connectivity index (χ3v) is 3.48. The molecular formula is C11H21ClN2O. The predicted octanol–water partition coefficient (Wildman–Crippen LogP) is 1.56. The molecule has 3 nitrogen and oxygen atoms in total. The average molecular weight is 233 g/mol. The van der Waals surface area contributed by atoms with Gasteiger partial charge in [0.1, 0.15) is 5.38 Å². The van der Waals surface area contributed by atoms with E-state index in [0.29, 0.717) is 12.5 Å². The molecule has 0 spiro atoms. The van der Waals surface area contributed by atoms with Crippen LogP contribution in [-0.2, 0) is 4.79 Å². The first-order valence-corrected chi connectivity index (χ1v) is 6.16. The molecule has 0 aromatic carbocycles. The molecule has 0 radical (unpaired) electrons. The highest BCUT2D eigenvalue weighted by Gasteiger charge is 2.25. The maximum absolute atomic E-state index is 11.8. The second-order valence-corrected chi connectivity index (χ2v) is 4.86. The van der Waals surface area contributed by atoms with Gasteiger partial charge in [-0.3, -0.25) is 9.69 Å². The first-order valence-electron chi connectivity index (χ1n) is 5.73. The molecule has 1 atom stereocenters. The Kier molecular flexibility index (Phi) is 4.87. The van der Waals surface area contributed by atoms with Gasteiger partial charge >= 0.3 is 0 Å². The van der Waals surface area contributed by atoms with E-state index < -0.39 is 0 Å². The quantitative estimate of drug-likeness (QED) is 0.690. The number of piperazine rings is 1. The molecule has 0 aliphatic carbocycles. The van der Waals surface area contributed by atoms with Crippen LogP contribution in [0.4, 0.5) is 0 Å². The number of carbonyl (C=O) groups is 1. The van der Waals surface area contributed by atoms with E-state index >= 15 is 0 Å². The molecule has 1 saturated heterocycles. The van der Waals surface area contributed by atoms with Gasteiger partial charge < -0.3 is 4.90 Å². The second kappa shape index (κ2) is 5.71. The molecule has 1 fully saturated rings. The highest BCUT2D eigenvalue weighted by atomic mass is 35.5. The van der Waals surface area contributed by atoms with Gasteiger partial charge in [0, 0.05) is 32.2 Å². The van der Waals surface area contributed by atoms with Crippen molar-refractivity contribution >= 4 is 17.5 Å². The van der Waals surface area contributed by atoms with E-state index in [2.05, 4.69) is 18.7 Å². The molecule has 1 aliphatic heterocycles. The topological polar surface area (TPSA) is 23.6 Å². The van der Waals surface area contributed by atoms with Crippen LogP contribution in [0.2, 0.25) is 0 Å². The van der Waals surface area contributed by atoms with Crippen molar-refractivity contribution in [2.45, 2.75) is 38.6 Å². The fraction of sp³-hybridized carbons (Fsp3) is 0.909. The summed E-state index contributed by atoms with van der Waals surface area (Å²) in [6, 6.07) is 0.570. The van der Waals surface area contributed by atoms with Gasteiger partial charge in [-0.25, -0.2) is 0 Å². The van der Waals surface area contributed by atoms with Crippen molar-refractivity contribution < 1.29 is 4.79 Å². The van der Waals surface area contributed by atoms with E-state index in [-0.39, 0.29) is 11.3 Å². The van der Waals surface area contributed by atoms with Gasteiger partial charge in [0.2, 0.25) is 5.91 Å². The smallest absolute Gasteiger partial charge is 0.240 e. The Labute approximate surface area is 97.4 Å². The maximum atomic E-state index is 11.8. The summed E-state index contributed by atoms with van der Waals surface area (Å²) in [5, 5.41) is -0.337. The zero-order valence-electron chi connectivity index (χ0n) is 9.87. The van der Waals surface area contributed by atoms with Crippen LogP contribution in [0, 0.1) is 0 Å². The van der Waals surface area contributed by atoms with Crippen LogP contribution >= 0.6 is 11.6 Å². The highest BCUT2D eigenvalue weighted by Crippen LogP contribution is 2.11. The summed E-state index contributed by atoms with van der Waals surface area (Å²) in [6.07, 6.45) is 0.713. The minimum atomic E-state index is -0.337. The number of carbonyl (C=O) groups excluding carboxylic acids is 1. The Morgan fingerprint density at radius 1 is 1.27 bits per heavy atom. The van der Waals surface area contributed by atoms with E-state index in [9.17, 15) is 4.79 Å². The van der Waals surface area contributed by atoms with Crippen molar-refractivity contribution in [2.75, 3.05) is 26.2 Å². The highest BCUT2D eigenvalue weighted by molar-refractivity contribution is 6.30. The van der Waals surface area contributed by atoms with E-state index in [4.69, 9.17) is 11.6 Å². The molecule has 0 N–H and O–H groups in total. The van der Waals surface area contributed by atoms with Crippen molar-refractivity contribution in [1.29, 1.82) is 0 Å². The largest absolute Gasteiger partial charge is 0.339 e. The summed E-state index contributed by atoms with van der Waals surface area (Å²) in [5.74, 6) is 0.0996. The Hall–Kier alpha value is -0.280. The third-order valence-electron chi connectivity index (χ3n) is 2.98. The molecule has 0 saturated carbocycles. The van der Waals surface area contributed by atoms with Crippen LogP contribution in [-0.4, -0.2) is 53.3 Å². The maximum Gasteiger partial charge on any atom is 0.240 e. The summed E-state index contributed by atoms with van der Waals surface area (Å²) < 4.78 is 0. The van der Waals surface area contributed by atoms with Crippen molar-refractivity contribution in [3.63, 3.8) is 0 Å². The molecule has 1 heterocycles. The van der Waals surface area contributed by atoms with Gasteiger partial charge in [-0.15, -0.1) is 11.6 Å². The molecule has 1 aliphatic rings. The standard InChI is InChI=1S/C11H21ClN2O/c1-4-10(12)11(15)14-7-5-13(6-8-14)9(2)3/h9-10H,4-8H2,1-3H3/t10-/m1/s1. The summed E-state index contributed by atoms with van der Waals surface area (Å²) in [6.45, 7) is 9.90. The molecular weight excluding hydrogens is 212 g/mol. The summed E-state index contributed by atoms with van der Waals surface area (Å²) in [5.41, 5.74) is 0. The molecule has 0 aromatic heterocycles. The zero-order chi connectivity index (χ0) is 11.4. The predicted molar refractivity (Wildman–Crippen MR) is 63.2 cm³/mol. The van der Waals surface area contributed by atoms with Crippen LogP contribution in [0.15, 0.2) is 0 Å². The van der Waals surface area contributed by atoms with Gasteiger partial charge in [0.25, 0.3) is 0 Å². The SMILES string of the molecule is CC[C@@H](Cl)C(=O)N1CCN(C(C)C)CC1. The van der Waals surface area contributed by atoms with Gasteiger partial charge in [-0.1, -0.05) is 6.92 Å². The molecule has 1 amide bonds. The average Bonchev–Trinajstić information content (AvgIpc) is 2.27. The minimum absolute atomic E-state index is 0.0996. The molecule has 88 valence electrons. The number of rotatable bonds is 3. The number of hydrogen-bond acceptors (Lipinski definition) is 2. The van der Waals surface area contributed by atoms with Crippen molar-refractivity contribution in [3.05, 3.63) is 0 Å². The number of halogens is 1. The van der Waals surface area contributed by atoms with Gasteiger partial charge in [-0.2, -0.15) is 0 Å². The molecule has 15 heavy (non-hydrogen) atoms. The lowest BCUT2D eigenvalue weighted by atomic mass is 10.2. The normalized spacial score (nSPS) is 20.7. The first-order chi connectivity index (χ1) is 7.06. The molecule has 0 bridgehead atoms. The monoisotopic (exact) mass is 232 g/mol. The number of amides is 1. The van der Waals surface area contributed by atoms with E-state index in [0.717, 1.165) is 26.2 Å². The molecule has 0 unspecified atom stereocenters. The molecule has 4 heteroatoms. The summed E-state index contributed by atoms with van der Waals surface area (Å²) in [4.78, 5) is 16.1. The Morgan fingerprint density at radius 3 is 2.20 bits per heavy atom. The first kappa shape index (κ1) is 12.8. The van der Waals surface area contributed by atoms with Crippen molar-refractivity contribution in [1.82, 2.24) is 9.80 Å². The Balaban J connectivity index is 2.40. The van der Waals surface area contributed by atoms with Crippen molar-refractivity contribution in [3.8, 4) is 0 Å². The fourth-order valence-corrected chi connectivity index (χ4v) is 1.97. The Bertz CT molecular complexity index is 213. The lowest BCUT2D eigenvalue weighted by molar-refractivity contribution is -0.132. The Morgan fingerprint density at radius 2 is 1.80 bits per heavy atom. The van der Waals surface area contributed by atoms with Crippen LogP contribution in [0.1, 0.15) is 27.2 Å². The van der Waals surface area contributed by atoms with E-state index in [1.165, 1.54) is 0 Å². The third kappa shape index (κ3) is 3.35. The van der Waals surface area contributed by atoms with Gasteiger partial charge in [0.15, 0.2) is 0 Å². The zero-order valence-corrected chi connectivity index (χ0v) is 10.6. The molecule has 1 rings (SSSR count). The number of alkyl halides is 1. The van der Waals surface area contributed by atoms with Crippen LogP contribution in [0.25, 0.3) is 0 Å². The van der Waals surface area contributed by atoms with Crippen LogP contribution in [0.5, 0.6) is 0 Å². The van der Waals surface area contributed by atoms with Gasteiger partial charge in [0.05, 0.1) is 0 Å². The van der Waals surface area contributed by atoms with Crippen molar-refractivity contribution in [2.24, 2.45) is 0 Å².